The maximum atomic E-state index is 15.5. The van der Waals surface area contributed by atoms with E-state index in [0.717, 1.165) is 24.5 Å². The van der Waals surface area contributed by atoms with E-state index in [-0.39, 0.29) is 25.3 Å². The number of para-hydroxylation sites is 1. The molecule has 2 unspecified atom stereocenters. The monoisotopic (exact) mass is 574 g/mol. The molecule has 4 aliphatic rings. The Morgan fingerprint density at radius 1 is 1.00 bits per heavy atom. The minimum absolute atomic E-state index is 0.150. The van der Waals surface area contributed by atoms with Crippen molar-refractivity contribution < 1.29 is 23.2 Å². The van der Waals surface area contributed by atoms with Crippen molar-refractivity contribution in [1.29, 1.82) is 0 Å². The quantitative estimate of drug-likeness (QED) is 0.378. The number of nitrogens with zero attached hydrogens (tertiary/aromatic N) is 5. The zero-order chi connectivity index (χ0) is 29.1. The summed E-state index contributed by atoms with van der Waals surface area (Å²) < 4.78 is 30.9. The lowest BCUT2D eigenvalue weighted by atomic mass is 9.88. The summed E-state index contributed by atoms with van der Waals surface area (Å²) in [7, 11) is 3.77. The zero-order valence-corrected chi connectivity index (χ0v) is 24.4. The number of anilines is 3. The molecule has 0 bridgehead atoms. The zero-order valence-electron chi connectivity index (χ0n) is 24.4. The molecule has 41 heavy (non-hydrogen) atoms. The molecule has 3 heterocycles. The summed E-state index contributed by atoms with van der Waals surface area (Å²) in [5, 5.41) is 2.33. The van der Waals surface area contributed by atoms with Gasteiger partial charge < -0.3 is 14.7 Å². The summed E-state index contributed by atoms with van der Waals surface area (Å²) in [6.45, 7) is 3.62. The molecular formula is C30H44F2N6O3. The number of hydrogen-bond acceptors (Lipinski definition) is 7. The molecule has 9 nitrogen and oxygen atoms in total. The van der Waals surface area contributed by atoms with Crippen molar-refractivity contribution in [3.8, 4) is 0 Å². The highest BCUT2D eigenvalue weighted by atomic mass is 19.3. The highest BCUT2D eigenvalue weighted by Crippen LogP contribution is 2.40. The standard InChI is InChI=1S/C30H44F2N6O3/c1-34(2)28-23(9-6-10-24(28)38(21-39)25-11-12-27(40)33-29(25)41)36-15-17-37(18-16-36)26-13-14-35(20-30(26,31)32)19-22-7-4-3-5-8-22/h6,9-10,21-22,25-26H,3-5,7-8,11-20H2,1-2H3,(H,33,40,41). The molecule has 1 N–H and O–H groups in total. The molecule has 1 aromatic carbocycles. The Kier molecular flexibility index (Phi) is 9.13. The fourth-order valence-electron chi connectivity index (χ4n) is 7.30. The molecule has 4 fully saturated rings. The van der Waals surface area contributed by atoms with Crippen LogP contribution in [-0.2, 0) is 14.4 Å². The Labute approximate surface area is 241 Å². The van der Waals surface area contributed by atoms with E-state index in [4.69, 9.17) is 0 Å². The predicted molar refractivity (Wildman–Crippen MR) is 156 cm³/mol. The van der Waals surface area contributed by atoms with Gasteiger partial charge in [-0.2, -0.15) is 0 Å². The second kappa shape index (κ2) is 12.6. The molecule has 226 valence electrons. The topological polar surface area (TPSA) is 79.4 Å². The lowest BCUT2D eigenvalue weighted by Crippen LogP contribution is -2.62. The molecule has 3 aliphatic heterocycles. The number of halogens is 2. The summed E-state index contributed by atoms with van der Waals surface area (Å²) in [5.74, 6) is -3.00. The molecule has 5 rings (SSSR count). The van der Waals surface area contributed by atoms with Crippen LogP contribution in [0.1, 0.15) is 51.4 Å². The predicted octanol–water partition coefficient (Wildman–Crippen LogP) is 2.93. The first-order valence-electron chi connectivity index (χ1n) is 15.1. The Bertz CT molecular complexity index is 1100. The van der Waals surface area contributed by atoms with Crippen molar-refractivity contribution in [2.24, 2.45) is 5.92 Å². The molecule has 0 spiro atoms. The molecular weight excluding hydrogens is 530 g/mol. The largest absolute Gasteiger partial charge is 0.374 e. The summed E-state index contributed by atoms with van der Waals surface area (Å²) >= 11 is 0. The van der Waals surface area contributed by atoms with Crippen LogP contribution in [0.4, 0.5) is 25.8 Å². The van der Waals surface area contributed by atoms with E-state index in [1.165, 1.54) is 37.0 Å². The van der Waals surface area contributed by atoms with Gasteiger partial charge in [0.15, 0.2) is 0 Å². The van der Waals surface area contributed by atoms with Gasteiger partial charge in [0.2, 0.25) is 18.2 Å². The van der Waals surface area contributed by atoms with E-state index in [2.05, 4.69) is 10.2 Å². The lowest BCUT2D eigenvalue weighted by Gasteiger charge is -2.47. The number of piperazine rings is 1. The van der Waals surface area contributed by atoms with Crippen LogP contribution < -0.4 is 20.0 Å². The van der Waals surface area contributed by atoms with E-state index in [1.807, 2.05) is 40.9 Å². The molecule has 1 saturated carbocycles. The minimum atomic E-state index is -2.74. The van der Waals surface area contributed by atoms with Crippen LogP contribution >= 0.6 is 0 Å². The molecule has 3 amide bonds. The second-order valence-electron chi connectivity index (χ2n) is 12.3. The van der Waals surface area contributed by atoms with Crippen molar-refractivity contribution in [3.63, 3.8) is 0 Å². The molecule has 0 radical (unpaired) electrons. The minimum Gasteiger partial charge on any atom is -0.374 e. The number of amides is 3. The van der Waals surface area contributed by atoms with Gasteiger partial charge in [-0.25, -0.2) is 8.78 Å². The van der Waals surface area contributed by atoms with Crippen LogP contribution in [0.15, 0.2) is 18.2 Å². The van der Waals surface area contributed by atoms with Gasteiger partial charge in [-0.3, -0.25) is 29.5 Å². The number of likely N-dealkylation sites (tertiary alicyclic amines) is 1. The lowest BCUT2D eigenvalue weighted by molar-refractivity contribution is -0.135. The van der Waals surface area contributed by atoms with E-state index < -0.39 is 23.9 Å². The first-order valence-corrected chi connectivity index (χ1v) is 15.1. The highest BCUT2D eigenvalue weighted by molar-refractivity contribution is 6.05. The van der Waals surface area contributed by atoms with Gasteiger partial charge in [0.1, 0.15) is 6.04 Å². The van der Waals surface area contributed by atoms with Crippen LogP contribution in [0.25, 0.3) is 0 Å². The summed E-state index contributed by atoms with van der Waals surface area (Å²) in [6.07, 6.45) is 7.62. The molecule has 0 aromatic heterocycles. The smallest absolute Gasteiger partial charge is 0.275 e. The summed E-state index contributed by atoms with van der Waals surface area (Å²) in [4.78, 5) is 46.0. The summed E-state index contributed by atoms with van der Waals surface area (Å²) in [6, 6.07) is 4.10. The first kappa shape index (κ1) is 29.7. The molecule has 3 saturated heterocycles. The van der Waals surface area contributed by atoms with E-state index >= 15 is 8.78 Å². The summed E-state index contributed by atoms with van der Waals surface area (Å²) in [5.41, 5.74) is 2.25. The van der Waals surface area contributed by atoms with Crippen LogP contribution in [0.2, 0.25) is 0 Å². The Morgan fingerprint density at radius 2 is 1.73 bits per heavy atom. The SMILES string of the molecule is CN(C)c1c(N2CCN(C3CCN(CC4CCCCC4)CC3(F)F)CC2)cccc1N(C=O)C1CCC(=O)NC1=O. The third-order valence-corrected chi connectivity index (χ3v) is 9.36. The van der Waals surface area contributed by atoms with Gasteiger partial charge in [0.25, 0.3) is 5.92 Å². The number of benzene rings is 1. The van der Waals surface area contributed by atoms with E-state index in [0.29, 0.717) is 50.6 Å². The maximum Gasteiger partial charge on any atom is 0.275 e. The van der Waals surface area contributed by atoms with Gasteiger partial charge in [-0.05, 0) is 43.7 Å². The van der Waals surface area contributed by atoms with Crippen molar-refractivity contribution in [3.05, 3.63) is 18.2 Å². The number of hydrogen-bond donors (Lipinski definition) is 1. The molecule has 11 heteroatoms. The maximum absolute atomic E-state index is 15.5. The molecule has 1 aliphatic carbocycles. The normalized spacial score (nSPS) is 26.5. The number of rotatable bonds is 8. The third-order valence-electron chi connectivity index (χ3n) is 9.36. The van der Waals surface area contributed by atoms with Gasteiger partial charge in [0, 0.05) is 59.8 Å². The van der Waals surface area contributed by atoms with Gasteiger partial charge >= 0.3 is 0 Å². The van der Waals surface area contributed by atoms with Crippen LogP contribution in [0.5, 0.6) is 0 Å². The fraction of sp³-hybridized carbons (Fsp3) is 0.700. The molecule has 1 aromatic rings. The Morgan fingerprint density at radius 3 is 2.37 bits per heavy atom. The number of carbonyl (C=O) groups is 3. The second-order valence-corrected chi connectivity index (χ2v) is 12.3. The van der Waals surface area contributed by atoms with Gasteiger partial charge in [0.05, 0.1) is 29.6 Å². The van der Waals surface area contributed by atoms with Crippen molar-refractivity contribution in [1.82, 2.24) is 15.1 Å². The van der Waals surface area contributed by atoms with Crippen LogP contribution in [-0.4, -0.2) is 106 Å². The Balaban J connectivity index is 1.26. The number of imide groups is 1. The van der Waals surface area contributed by atoms with Crippen LogP contribution in [0.3, 0.4) is 0 Å². The van der Waals surface area contributed by atoms with Crippen molar-refractivity contribution >= 4 is 35.3 Å². The third kappa shape index (κ3) is 6.51. The average Bonchev–Trinajstić information content (AvgIpc) is 2.94. The van der Waals surface area contributed by atoms with E-state index in [9.17, 15) is 14.4 Å². The van der Waals surface area contributed by atoms with Crippen molar-refractivity contribution in [2.75, 3.05) is 74.6 Å². The van der Waals surface area contributed by atoms with Gasteiger partial charge in [-0.1, -0.05) is 25.3 Å². The highest BCUT2D eigenvalue weighted by Gasteiger charge is 2.48. The van der Waals surface area contributed by atoms with Crippen molar-refractivity contribution in [2.45, 2.75) is 69.4 Å². The average molecular weight is 575 g/mol. The molecule has 2 atom stereocenters. The first-order chi connectivity index (χ1) is 19.7. The fourth-order valence-corrected chi connectivity index (χ4v) is 7.30. The van der Waals surface area contributed by atoms with E-state index in [1.54, 1.807) is 6.07 Å². The Hall–Kier alpha value is -2.79. The number of alkyl halides is 2. The van der Waals surface area contributed by atoms with Gasteiger partial charge in [-0.15, -0.1) is 0 Å². The number of nitrogens with one attached hydrogen (secondary N) is 1. The number of piperidine rings is 2. The van der Waals surface area contributed by atoms with Crippen LogP contribution in [0, 0.1) is 5.92 Å². The number of carbonyl (C=O) groups excluding carboxylic acids is 3.